The highest BCUT2D eigenvalue weighted by atomic mass is 16.5. The van der Waals surface area contributed by atoms with E-state index in [9.17, 15) is 9.59 Å². The third-order valence-corrected chi connectivity index (χ3v) is 3.76. The summed E-state index contributed by atoms with van der Waals surface area (Å²) in [5.74, 6) is 0.0814. The minimum Gasteiger partial charge on any atom is -0.445 e. The predicted octanol–water partition coefficient (Wildman–Crippen LogP) is 4.06. The molecule has 0 bridgehead atoms. The molecule has 0 aromatic heterocycles. The van der Waals surface area contributed by atoms with Crippen molar-refractivity contribution >= 4 is 17.7 Å². The van der Waals surface area contributed by atoms with E-state index in [0.29, 0.717) is 11.6 Å². The Morgan fingerprint density at radius 3 is 2.40 bits per heavy atom. The number of alkyl carbamates (subject to hydrolysis) is 1. The highest BCUT2D eigenvalue weighted by molar-refractivity contribution is 5.96. The summed E-state index contributed by atoms with van der Waals surface area (Å²) < 4.78 is 5.12. The molecule has 2 aromatic carbocycles. The average molecular weight is 340 g/mol. The second kappa shape index (κ2) is 8.87. The number of anilines is 1. The van der Waals surface area contributed by atoms with Crippen LogP contribution in [-0.2, 0) is 16.1 Å². The molecule has 2 amide bonds. The Labute approximate surface area is 148 Å². The number of nitrogens with one attached hydrogen (secondary N) is 2. The van der Waals surface area contributed by atoms with E-state index in [1.807, 2.05) is 54.6 Å². The third-order valence-electron chi connectivity index (χ3n) is 3.76. The Morgan fingerprint density at radius 1 is 1.00 bits per heavy atom. The molecule has 1 atom stereocenters. The summed E-state index contributed by atoms with van der Waals surface area (Å²) in [6.45, 7) is 5.96. The molecule has 5 nitrogen and oxygen atoms in total. The number of hydrogen-bond acceptors (Lipinski definition) is 3. The van der Waals surface area contributed by atoms with Crippen LogP contribution in [0.3, 0.4) is 0 Å². The molecule has 0 fully saturated rings. The Bertz CT molecular complexity index is 714. The van der Waals surface area contributed by atoms with Gasteiger partial charge in [0.15, 0.2) is 0 Å². The van der Waals surface area contributed by atoms with Crippen molar-refractivity contribution in [1.29, 1.82) is 0 Å². The van der Waals surface area contributed by atoms with Crippen LogP contribution in [0.15, 0.2) is 54.6 Å². The van der Waals surface area contributed by atoms with E-state index in [2.05, 4.69) is 24.5 Å². The van der Waals surface area contributed by atoms with Crippen LogP contribution in [0.25, 0.3) is 0 Å². The van der Waals surface area contributed by atoms with Gasteiger partial charge in [-0.2, -0.15) is 0 Å². The summed E-state index contributed by atoms with van der Waals surface area (Å²) in [6.07, 6.45) is -0.623. The number of carbonyl (C=O) groups excluding carboxylic acids is 2. The van der Waals surface area contributed by atoms with Gasteiger partial charge in [0.25, 0.3) is 0 Å². The van der Waals surface area contributed by atoms with E-state index in [-0.39, 0.29) is 12.5 Å². The van der Waals surface area contributed by atoms with Gasteiger partial charge in [0, 0.05) is 5.69 Å². The van der Waals surface area contributed by atoms with Gasteiger partial charge in [-0.25, -0.2) is 4.79 Å². The first-order valence-corrected chi connectivity index (χ1v) is 8.33. The molecule has 132 valence electrons. The van der Waals surface area contributed by atoms with Crippen LogP contribution in [-0.4, -0.2) is 18.0 Å². The maximum Gasteiger partial charge on any atom is 0.408 e. The predicted molar refractivity (Wildman–Crippen MR) is 98.4 cm³/mol. The summed E-state index contributed by atoms with van der Waals surface area (Å²) in [4.78, 5) is 24.0. The minimum atomic E-state index is -0.703. The first-order chi connectivity index (χ1) is 12.0. The molecule has 0 aliphatic carbocycles. The number of ether oxygens (including phenoxy) is 1. The summed E-state index contributed by atoms with van der Waals surface area (Å²) in [5, 5.41) is 5.34. The molecule has 2 aromatic rings. The van der Waals surface area contributed by atoms with Crippen LogP contribution < -0.4 is 10.6 Å². The monoisotopic (exact) mass is 340 g/mol. The van der Waals surface area contributed by atoms with Gasteiger partial charge in [-0.3, -0.25) is 4.79 Å². The molecule has 0 saturated carbocycles. The maximum absolute atomic E-state index is 12.2. The minimum absolute atomic E-state index is 0.164. The van der Waals surface area contributed by atoms with E-state index in [0.717, 1.165) is 11.1 Å². The van der Waals surface area contributed by atoms with Crippen LogP contribution in [0.4, 0.5) is 10.5 Å². The lowest BCUT2D eigenvalue weighted by Gasteiger charge is -2.15. The van der Waals surface area contributed by atoms with Gasteiger partial charge in [0.05, 0.1) is 0 Å². The fourth-order valence-corrected chi connectivity index (χ4v) is 2.23. The zero-order valence-corrected chi connectivity index (χ0v) is 14.8. The normalized spacial score (nSPS) is 11.7. The van der Waals surface area contributed by atoms with Crippen molar-refractivity contribution < 1.29 is 14.3 Å². The van der Waals surface area contributed by atoms with E-state index in [1.54, 1.807) is 6.92 Å². The molecule has 5 heteroatoms. The third kappa shape index (κ3) is 5.95. The molecular weight excluding hydrogens is 316 g/mol. The number of hydrogen-bond donors (Lipinski definition) is 2. The zero-order chi connectivity index (χ0) is 18.2. The smallest absolute Gasteiger partial charge is 0.408 e. The summed E-state index contributed by atoms with van der Waals surface area (Å²) >= 11 is 0. The lowest BCUT2D eigenvalue weighted by atomic mass is 10.0. The van der Waals surface area contributed by atoms with Crippen LogP contribution in [0.5, 0.6) is 0 Å². The summed E-state index contributed by atoms with van der Waals surface area (Å²) in [5.41, 5.74) is 2.74. The van der Waals surface area contributed by atoms with Crippen molar-refractivity contribution in [2.45, 2.75) is 39.3 Å². The van der Waals surface area contributed by atoms with Crippen LogP contribution in [0.1, 0.15) is 37.8 Å². The number of rotatable bonds is 6. The van der Waals surface area contributed by atoms with Gasteiger partial charge in [-0.05, 0) is 36.1 Å². The molecule has 25 heavy (non-hydrogen) atoms. The van der Waals surface area contributed by atoms with Gasteiger partial charge in [-0.15, -0.1) is 0 Å². The van der Waals surface area contributed by atoms with Crippen molar-refractivity contribution in [3.05, 3.63) is 65.7 Å². The van der Waals surface area contributed by atoms with E-state index < -0.39 is 12.1 Å². The van der Waals surface area contributed by atoms with Crippen LogP contribution in [0, 0.1) is 0 Å². The second-order valence-electron chi connectivity index (χ2n) is 6.20. The molecule has 2 N–H and O–H groups in total. The Morgan fingerprint density at radius 2 is 1.72 bits per heavy atom. The number of benzene rings is 2. The zero-order valence-electron chi connectivity index (χ0n) is 14.8. The average Bonchev–Trinajstić information content (AvgIpc) is 2.61. The van der Waals surface area contributed by atoms with Crippen molar-refractivity contribution in [3.8, 4) is 0 Å². The Kier molecular flexibility index (Phi) is 6.57. The fourth-order valence-electron chi connectivity index (χ4n) is 2.23. The molecule has 0 heterocycles. The van der Waals surface area contributed by atoms with Crippen molar-refractivity contribution in [2.24, 2.45) is 0 Å². The number of amides is 2. The highest BCUT2D eigenvalue weighted by Crippen LogP contribution is 2.18. The van der Waals surface area contributed by atoms with Crippen LogP contribution in [0.2, 0.25) is 0 Å². The lowest BCUT2D eigenvalue weighted by molar-refractivity contribution is -0.117. The van der Waals surface area contributed by atoms with Gasteiger partial charge in [0.1, 0.15) is 12.6 Å². The molecule has 2 rings (SSSR count). The number of carbonyl (C=O) groups is 2. The molecule has 0 saturated heterocycles. The largest absolute Gasteiger partial charge is 0.445 e. The summed E-state index contributed by atoms with van der Waals surface area (Å²) in [7, 11) is 0. The van der Waals surface area contributed by atoms with E-state index >= 15 is 0 Å². The molecule has 0 aliphatic rings. The maximum atomic E-state index is 12.2. The summed E-state index contributed by atoms with van der Waals surface area (Å²) in [6, 6.07) is 16.3. The van der Waals surface area contributed by atoms with Gasteiger partial charge in [-0.1, -0.05) is 56.3 Å². The van der Waals surface area contributed by atoms with Crippen molar-refractivity contribution in [3.63, 3.8) is 0 Å². The van der Waals surface area contributed by atoms with Crippen molar-refractivity contribution in [2.75, 3.05) is 5.32 Å². The quantitative estimate of drug-likeness (QED) is 0.833. The topological polar surface area (TPSA) is 67.4 Å². The van der Waals surface area contributed by atoms with E-state index in [4.69, 9.17) is 4.74 Å². The Hall–Kier alpha value is -2.82. The highest BCUT2D eigenvalue weighted by Gasteiger charge is 2.16. The second-order valence-corrected chi connectivity index (χ2v) is 6.20. The lowest BCUT2D eigenvalue weighted by Crippen LogP contribution is -2.41. The first-order valence-electron chi connectivity index (χ1n) is 8.33. The SMILES string of the molecule is CC(NC(=O)OCc1ccccc1)C(=O)Nc1cccc(C(C)C)c1. The standard InChI is InChI=1S/C20H24N2O3/c1-14(2)17-10-7-11-18(12-17)22-19(23)15(3)21-20(24)25-13-16-8-5-4-6-9-16/h4-12,14-15H,13H2,1-3H3,(H,21,24)(H,22,23). The van der Waals surface area contributed by atoms with Crippen molar-refractivity contribution in [1.82, 2.24) is 5.32 Å². The molecule has 1 unspecified atom stereocenters. The van der Waals surface area contributed by atoms with Gasteiger partial charge < -0.3 is 15.4 Å². The molecule has 0 aliphatic heterocycles. The molecule has 0 spiro atoms. The van der Waals surface area contributed by atoms with E-state index in [1.165, 1.54) is 0 Å². The molecular formula is C20H24N2O3. The first kappa shape index (κ1) is 18.5. The Balaban J connectivity index is 1.83. The van der Waals surface area contributed by atoms with Gasteiger partial charge in [0.2, 0.25) is 5.91 Å². The van der Waals surface area contributed by atoms with Gasteiger partial charge >= 0.3 is 6.09 Å². The molecule has 0 radical (unpaired) electrons. The fraction of sp³-hybridized carbons (Fsp3) is 0.300. The van der Waals surface area contributed by atoms with Crippen LogP contribution >= 0.6 is 0 Å².